The first kappa shape index (κ1) is 13.2. The van der Waals surface area contributed by atoms with Crippen molar-refractivity contribution in [2.75, 3.05) is 7.05 Å². The van der Waals surface area contributed by atoms with E-state index < -0.39 is 0 Å². The Bertz CT molecular complexity index is 556. The van der Waals surface area contributed by atoms with Gasteiger partial charge in [0.1, 0.15) is 0 Å². The molecule has 2 aromatic heterocycles. The van der Waals surface area contributed by atoms with E-state index in [1.54, 1.807) is 42.7 Å². The predicted octanol–water partition coefficient (Wildman–Crippen LogP) is 1.21. The molecule has 98 valence electrons. The van der Waals surface area contributed by atoms with E-state index in [4.69, 9.17) is 5.73 Å². The largest absolute Gasteiger partial charge is 0.337 e. The van der Waals surface area contributed by atoms with E-state index in [-0.39, 0.29) is 5.91 Å². The van der Waals surface area contributed by atoms with Crippen molar-refractivity contribution >= 4 is 5.91 Å². The molecule has 1 amide bonds. The highest BCUT2D eigenvalue weighted by Crippen LogP contribution is 2.08. The Kier molecular flexibility index (Phi) is 4.20. The molecule has 0 aliphatic heterocycles. The molecule has 0 atom stereocenters. The number of nitrogens with zero attached hydrogens (tertiary/aromatic N) is 3. The molecular weight excluding hydrogens is 240 g/mol. The Morgan fingerprint density at radius 1 is 1.37 bits per heavy atom. The number of carbonyl (C=O) groups excluding carboxylic acids is 1. The van der Waals surface area contributed by atoms with Crippen LogP contribution in [-0.4, -0.2) is 27.8 Å². The molecule has 0 unspecified atom stereocenters. The molecule has 0 aromatic carbocycles. The molecule has 2 N–H and O–H groups in total. The zero-order valence-corrected chi connectivity index (χ0v) is 10.8. The molecule has 0 spiro atoms. The normalized spacial score (nSPS) is 10.2. The van der Waals surface area contributed by atoms with Crippen LogP contribution in [-0.2, 0) is 13.1 Å². The van der Waals surface area contributed by atoms with E-state index >= 15 is 0 Å². The van der Waals surface area contributed by atoms with Gasteiger partial charge in [0.2, 0.25) is 0 Å². The van der Waals surface area contributed by atoms with Gasteiger partial charge in [-0.25, -0.2) is 0 Å². The van der Waals surface area contributed by atoms with Crippen LogP contribution in [0.5, 0.6) is 0 Å². The van der Waals surface area contributed by atoms with Gasteiger partial charge in [-0.05, 0) is 23.8 Å². The lowest BCUT2D eigenvalue weighted by Crippen LogP contribution is -2.26. The first-order valence-corrected chi connectivity index (χ1v) is 6.00. The van der Waals surface area contributed by atoms with Crippen LogP contribution in [0.4, 0.5) is 0 Å². The van der Waals surface area contributed by atoms with Crippen LogP contribution in [0.1, 0.15) is 21.6 Å². The zero-order valence-electron chi connectivity index (χ0n) is 10.8. The molecule has 0 bridgehead atoms. The van der Waals surface area contributed by atoms with Crippen molar-refractivity contribution in [2.24, 2.45) is 5.73 Å². The van der Waals surface area contributed by atoms with Gasteiger partial charge < -0.3 is 10.6 Å². The van der Waals surface area contributed by atoms with Crippen molar-refractivity contribution in [3.8, 4) is 0 Å². The van der Waals surface area contributed by atoms with Crippen molar-refractivity contribution in [3.05, 3.63) is 59.7 Å². The molecule has 19 heavy (non-hydrogen) atoms. The van der Waals surface area contributed by atoms with Crippen LogP contribution in [0.15, 0.2) is 42.9 Å². The fraction of sp³-hybridized carbons (Fsp3) is 0.214. The number of rotatable bonds is 4. The predicted molar refractivity (Wildman–Crippen MR) is 72.2 cm³/mol. The maximum Gasteiger partial charge on any atom is 0.254 e. The summed E-state index contributed by atoms with van der Waals surface area (Å²) in [5.74, 6) is -0.0547. The number of pyridine rings is 2. The van der Waals surface area contributed by atoms with E-state index in [0.29, 0.717) is 24.3 Å². The summed E-state index contributed by atoms with van der Waals surface area (Å²) in [5, 5.41) is 0. The Morgan fingerprint density at radius 2 is 2.21 bits per heavy atom. The van der Waals surface area contributed by atoms with Gasteiger partial charge in [-0.1, -0.05) is 6.07 Å². The van der Waals surface area contributed by atoms with Crippen LogP contribution in [0, 0.1) is 0 Å². The Hall–Kier alpha value is -2.27. The first-order chi connectivity index (χ1) is 9.20. The van der Waals surface area contributed by atoms with Gasteiger partial charge >= 0.3 is 0 Å². The molecule has 2 rings (SSSR count). The average Bonchev–Trinajstić information content (AvgIpc) is 2.47. The molecule has 0 saturated carbocycles. The van der Waals surface area contributed by atoms with Crippen LogP contribution in [0.3, 0.4) is 0 Å². The second-order valence-electron chi connectivity index (χ2n) is 4.26. The topological polar surface area (TPSA) is 72.1 Å². The van der Waals surface area contributed by atoms with Gasteiger partial charge in [0.05, 0.1) is 5.69 Å². The number of nitrogens with two attached hydrogens (primary N) is 1. The number of hydrogen-bond donors (Lipinski definition) is 1. The monoisotopic (exact) mass is 256 g/mol. The van der Waals surface area contributed by atoms with E-state index in [1.165, 1.54) is 0 Å². The van der Waals surface area contributed by atoms with Crippen molar-refractivity contribution in [1.29, 1.82) is 0 Å². The van der Waals surface area contributed by atoms with Crippen molar-refractivity contribution in [2.45, 2.75) is 13.1 Å². The second-order valence-corrected chi connectivity index (χ2v) is 4.26. The Balaban J connectivity index is 2.10. The van der Waals surface area contributed by atoms with E-state index in [2.05, 4.69) is 9.97 Å². The van der Waals surface area contributed by atoms with E-state index in [0.717, 1.165) is 5.56 Å². The molecule has 0 saturated heterocycles. The number of carbonyl (C=O) groups is 1. The quantitative estimate of drug-likeness (QED) is 0.892. The van der Waals surface area contributed by atoms with Gasteiger partial charge in [-0.3, -0.25) is 14.8 Å². The van der Waals surface area contributed by atoms with Gasteiger partial charge in [0, 0.05) is 44.3 Å². The lowest BCUT2D eigenvalue weighted by molar-refractivity contribution is 0.0784. The van der Waals surface area contributed by atoms with Crippen molar-refractivity contribution < 1.29 is 4.79 Å². The average molecular weight is 256 g/mol. The smallest absolute Gasteiger partial charge is 0.254 e. The van der Waals surface area contributed by atoms with Crippen molar-refractivity contribution in [3.63, 3.8) is 0 Å². The number of amides is 1. The Labute approximate surface area is 112 Å². The third-order valence-corrected chi connectivity index (χ3v) is 2.76. The van der Waals surface area contributed by atoms with Crippen LogP contribution in [0.25, 0.3) is 0 Å². The summed E-state index contributed by atoms with van der Waals surface area (Å²) in [5.41, 5.74) is 7.82. The van der Waals surface area contributed by atoms with E-state index in [1.807, 2.05) is 12.1 Å². The molecule has 0 aliphatic rings. The third kappa shape index (κ3) is 3.35. The van der Waals surface area contributed by atoms with Crippen molar-refractivity contribution in [1.82, 2.24) is 14.9 Å². The summed E-state index contributed by atoms with van der Waals surface area (Å²) in [6, 6.07) is 7.21. The summed E-state index contributed by atoms with van der Waals surface area (Å²) < 4.78 is 0. The van der Waals surface area contributed by atoms with Crippen LogP contribution in [0.2, 0.25) is 0 Å². The number of hydrogen-bond acceptors (Lipinski definition) is 4. The zero-order chi connectivity index (χ0) is 13.7. The minimum atomic E-state index is -0.0547. The Morgan fingerprint density at radius 3 is 2.89 bits per heavy atom. The van der Waals surface area contributed by atoms with Crippen LogP contribution < -0.4 is 5.73 Å². The molecule has 0 radical (unpaired) electrons. The SMILES string of the molecule is CN(Cc1cccnc1)C(=O)c1ccnc(CN)c1. The maximum atomic E-state index is 12.3. The summed E-state index contributed by atoms with van der Waals surface area (Å²) in [6.07, 6.45) is 5.07. The molecular formula is C14H16N4O. The summed E-state index contributed by atoms with van der Waals surface area (Å²) in [4.78, 5) is 22.0. The fourth-order valence-corrected chi connectivity index (χ4v) is 1.78. The second kappa shape index (κ2) is 6.06. The fourth-order valence-electron chi connectivity index (χ4n) is 1.78. The standard InChI is InChI=1S/C14H16N4O/c1-18(10-11-3-2-5-16-9-11)14(19)12-4-6-17-13(7-12)8-15/h2-7,9H,8,10,15H2,1H3. The lowest BCUT2D eigenvalue weighted by atomic mass is 10.2. The molecule has 2 aromatic rings. The number of aromatic nitrogens is 2. The highest BCUT2D eigenvalue weighted by atomic mass is 16.2. The molecule has 5 nitrogen and oxygen atoms in total. The molecule has 5 heteroatoms. The van der Waals surface area contributed by atoms with E-state index in [9.17, 15) is 4.79 Å². The van der Waals surface area contributed by atoms with Gasteiger partial charge in [-0.2, -0.15) is 0 Å². The third-order valence-electron chi connectivity index (χ3n) is 2.76. The minimum Gasteiger partial charge on any atom is -0.337 e. The summed E-state index contributed by atoms with van der Waals surface area (Å²) in [6.45, 7) is 0.848. The summed E-state index contributed by atoms with van der Waals surface area (Å²) in [7, 11) is 1.76. The summed E-state index contributed by atoms with van der Waals surface area (Å²) >= 11 is 0. The molecule has 2 heterocycles. The van der Waals surface area contributed by atoms with Gasteiger partial charge in [0.15, 0.2) is 0 Å². The van der Waals surface area contributed by atoms with Gasteiger partial charge in [-0.15, -0.1) is 0 Å². The molecule has 0 fully saturated rings. The van der Waals surface area contributed by atoms with Crippen LogP contribution >= 0.6 is 0 Å². The highest BCUT2D eigenvalue weighted by molar-refractivity contribution is 5.94. The first-order valence-electron chi connectivity index (χ1n) is 6.00. The minimum absolute atomic E-state index is 0.0547. The lowest BCUT2D eigenvalue weighted by Gasteiger charge is -2.17. The maximum absolute atomic E-state index is 12.3. The molecule has 0 aliphatic carbocycles. The highest BCUT2D eigenvalue weighted by Gasteiger charge is 2.12. The van der Waals surface area contributed by atoms with Gasteiger partial charge in [0.25, 0.3) is 5.91 Å².